The number of ether oxygens (including phenoxy) is 2. The first-order valence-corrected chi connectivity index (χ1v) is 6.33. The van der Waals surface area contributed by atoms with Crippen molar-refractivity contribution in [3.8, 4) is 11.8 Å². The zero-order valence-corrected chi connectivity index (χ0v) is 12.0. The van der Waals surface area contributed by atoms with Crippen molar-refractivity contribution in [3.05, 3.63) is 29.3 Å². The number of esters is 1. The summed E-state index contributed by atoms with van der Waals surface area (Å²) in [6, 6.07) is 8.07. The molecule has 0 saturated heterocycles. The lowest BCUT2D eigenvalue weighted by Gasteiger charge is -2.08. The Balaban J connectivity index is 2.38. The molecule has 1 rings (SSSR count). The second kappa shape index (κ2) is 8.02. The number of hydrogen-bond donors (Lipinski definition) is 1. The highest BCUT2D eigenvalue weighted by molar-refractivity contribution is 6.30. The standard InChI is InChI=1S/C14H13ClN2O4/c1-9(17)12(6-16)13(18)7-21-14(19)8-20-11-4-2-10(15)3-5-11/h2-5,12,17H,7-8H2,1H3. The molecule has 1 unspecified atom stereocenters. The number of nitrogens with one attached hydrogen (secondary N) is 1. The molecule has 1 aromatic rings. The Labute approximate surface area is 126 Å². The summed E-state index contributed by atoms with van der Waals surface area (Å²) in [5.74, 6) is -2.12. The Kier molecular flexibility index (Phi) is 6.37. The molecule has 21 heavy (non-hydrogen) atoms. The van der Waals surface area contributed by atoms with Crippen molar-refractivity contribution in [2.45, 2.75) is 6.92 Å². The molecule has 0 saturated carbocycles. The second-order valence-corrected chi connectivity index (χ2v) is 4.55. The number of nitrogens with zero attached hydrogens (tertiary/aromatic N) is 1. The molecule has 0 fully saturated rings. The fourth-order valence-corrected chi connectivity index (χ4v) is 1.49. The smallest absolute Gasteiger partial charge is 0.344 e. The van der Waals surface area contributed by atoms with E-state index in [0.717, 1.165) is 0 Å². The van der Waals surface area contributed by atoms with Gasteiger partial charge in [-0.3, -0.25) is 4.79 Å². The monoisotopic (exact) mass is 308 g/mol. The van der Waals surface area contributed by atoms with E-state index in [9.17, 15) is 9.59 Å². The number of hydrogen-bond acceptors (Lipinski definition) is 6. The summed E-state index contributed by atoms with van der Waals surface area (Å²) in [6.07, 6.45) is 0. The van der Waals surface area contributed by atoms with Crippen molar-refractivity contribution < 1.29 is 19.1 Å². The van der Waals surface area contributed by atoms with Crippen molar-refractivity contribution in [2.24, 2.45) is 5.92 Å². The van der Waals surface area contributed by atoms with Gasteiger partial charge in [0.15, 0.2) is 19.0 Å². The molecule has 0 heterocycles. The maximum absolute atomic E-state index is 11.5. The van der Waals surface area contributed by atoms with Gasteiger partial charge in [-0.2, -0.15) is 5.26 Å². The highest BCUT2D eigenvalue weighted by Gasteiger charge is 2.21. The van der Waals surface area contributed by atoms with Crippen LogP contribution in [-0.2, 0) is 14.3 Å². The number of rotatable bonds is 7. The number of Topliss-reactive ketones (excluding diaryl/α,β-unsaturated/α-hetero) is 1. The van der Waals surface area contributed by atoms with Gasteiger partial charge in [0.1, 0.15) is 11.7 Å². The third-order valence-electron chi connectivity index (χ3n) is 2.43. The van der Waals surface area contributed by atoms with Gasteiger partial charge in [-0.25, -0.2) is 4.79 Å². The third kappa shape index (κ3) is 5.63. The van der Waals surface area contributed by atoms with Gasteiger partial charge in [0, 0.05) is 10.7 Å². The Bertz CT molecular complexity index is 578. The molecule has 0 aromatic heterocycles. The number of ketones is 1. The summed E-state index contributed by atoms with van der Waals surface area (Å²) in [5.41, 5.74) is -0.0871. The molecule has 110 valence electrons. The molecule has 0 aliphatic rings. The number of nitriles is 1. The molecule has 1 aromatic carbocycles. The van der Waals surface area contributed by atoms with Crippen LogP contribution in [0.1, 0.15) is 6.92 Å². The van der Waals surface area contributed by atoms with Gasteiger partial charge < -0.3 is 14.9 Å². The van der Waals surface area contributed by atoms with Gasteiger partial charge in [-0.05, 0) is 31.2 Å². The summed E-state index contributed by atoms with van der Waals surface area (Å²) < 4.78 is 9.83. The lowest BCUT2D eigenvalue weighted by atomic mass is 10.0. The minimum Gasteiger partial charge on any atom is -0.482 e. The van der Waals surface area contributed by atoms with Crippen molar-refractivity contribution in [2.75, 3.05) is 13.2 Å². The van der Waals surface area contributed by atoms with E-state index in [2.05, 4.69) is 0 Å². The Morgan fingerprint density at radius 2 is 1.95 bits per heavy atom. The predicted molar refractivity (Wildman–Crippen MR) is 75.4 cm³/mol. The molecular formula is C14H13ClN2O4. The Hall–Kier alpha value is -2.39. The fraction of sp³-hybridized carbons (Fsp3) is 0.286. The minimum absolute atomic E-state index is 0.0871. The first kappa shape index (κ1) is 16.7. The Morgan fingerprint density at radius 1 is 1.33 bits per heavy atom. The van der Waals surface area contributed by atoms with E-state index >= 15 is 0 Å². The molecule has 0 aliphatic carbocycles. The van der Waals surface area contributed by atoms with Gasteiger partial charge in [-0.15, -0.1) is 0 Å². The molecular weight excluding hydrogens is 296 g/mol. The van der Waals surface area contributed by atoms with Crippen LogP contribution in [0.25, 0.3) is 0 Å². The molecule has 0 radical (unpaired) electrons. The maximum Gasteiger partial charge on any atom is 0.344 e. The van der Waals surface area contributed by atoms with Crippen molar-refractivity contribution in [1.82, 2.24) is 0 Å². The van der Waals surface area contributed by atoms with Gasteiger partial charge in [0.25, 0.3) is 0 Å². The average molecular weight is 309 g/mol. The van der Waals surface area contributed by atoms with E-state index in [1.807, 2.05) is 0 Å². The highest BCUT2D eigenvalue weighted by Crippen LogP contribution is 2.15. The summed E-state index contributed by atoms with van der Waals surface area (Å²) in [5, 5.41) is 16.5. The van der Waals surface area contributed by atoms with Crippen LogP contribution in [0.2, 0.25) is 5.02 Å². The fourth-order valence-electron chi connectivity index (χ4n) is 1.36. The van der Waals surface area contributed by atoms with Crippen molar-refractivity contribution in [3.63, 3.8) is 0 Å². The van der Waals surface area contributed by atoms with Crippen LogP contribution >= 0.6 is 11.6 Å². The largest absolute Gasteiger partial charge is 0.482 e. The summed E-state index contributed by atoms with van der Waals surface area (Å²) >= 11 is 5.70. The van der Waals surface area contributed by atoms with E-state index in [1.54, 1.807) is 30.3 Å². The highest BCUT2D eigenvalue weighted by atomic mass is 35.5. The van der Waals surface area contributed by atoms with Gasteiger partial charge in [-0.1, -0.05) is 11.6 Å². The molecule has 0 bridgehead atoms. The Morgan fingerprint density at radius 3 is 2.48 bits per heavy atom. The third-order valence-corrected chi connectivity index (χ3v) is 2.68. The van der Waals surface area contributed by atoms with Gasteiger partial charge in [0.05, 0.1) is 6.07 Å². The van der Waals surface area contributed by atoms with E-state index in [0.29, 0.717) is 10.8 Å². The van der Waals surface area contributed by atoms with Crippen LogP contribution in [0.5, 0.6) is 5.75 Å². The number of carbonyl (C=O) groups is 2. The summed E-state index contributed by atoms with van der Waals surface area (Å²) in [4.78, 5) is 22.9. The maximum atomic E-state index is 11.5. The predicted octanol–water partition coefficient (Wildman–Crippen LogP) is 2.01. The normalized spacial score (nSPS) is 11.1. The lowest BCUT2D eigenvalue weighted by molar-refractivity contribution is -0.150. The van der Waals surface area contributed by atoms with Crippen LogP contribution in [0.15, 0.2) is 24.3 Å². The second-order valence-electron chi connectivity index (χ2n) is 4.11. The van der Waals surface area contributed by atoms with E-state index in [1.165, 1.54) is 6.92 Å². The molecule has 0 amide bonds. The van der Waals surface area contributed by atoms with Crippen LogP contribution in [0.3, 0.4) is 0 Å². The molecule has 0 spiro atoms. The SMILES string of the molecule is CC(=N)C(C#N)C(=O)COC(=O)COc1ccc(Cl)cc1. The molecule has 7 heteroatoms. The lowest BCUT2D eigenvalue weighted by Crippen LogP contribution is -2.27. The zero-order valence-electron chi connectivity index (χ0n) is 11.3. The summed E-state index contributed by atoms with van der Waals surface area (Å²) in [6.45, 7) is 0.421. The van der Waals surface area contributed by atoms with Gasteiger partial charge in [0.2, 0.25) is 0 Å². The first-order chi connectivity index (χ1) is 9.93. The van der Waals surface area contributed by atoms with Crippen molar-refractivity contribution >= 4 is 29.1 Å². The molecule has 0 aliphatic heterocycles. The van der Waals surface area contributed by atoms with Gasteiger partial charge >= 0.3 is 5.97 Å². The minimum atomic E-state index is -1.19. The van der Waals surface area contributed by atoms with Crippen LogP contribution in [-0.4, -0.2) is 30.7 Å². The zero-order chi connectivity index (χ0) is 15.8. The number of carbonyl (C=O) groups excluding carboxylic acids is 2. The van der Waals surface area contributed by atoms with E-state index < -0.39 is 24.3 Å². The van der Waals surface area contributed by atoms with Crippen LogP contribution < -0.4 is 4.74 Å². The average Bonchev–Trinajstić information content (AvgIpc) is 2.45. The van der Waals surface area contributed by atoms with E-state index in [-0.39, 0.29) is 12.3 Å². The quantitative estimate of drug-likeness (QED) is 0.613. The number of benzene rings is 1. The van der Waals surface area contributed by atoms with Crippen LogP contribution in [0, 0.1) is 22.7 Å². The van der Waals surface area contributed by atoms with E-state index in [4.69, 9.17) is 31.7 Å². The molecule has 1 N–H and O–H groups in total. The van der Waals surface area contributed by atoms with Crippen LogP contribution in [0.4, 0.5) is 0 Å². The summed E-state index contributed by atoms with van der Waals surface area (Å²) in [7, 11) is 0. The first-order valence-electron chi connectivity index (χ1n) is 5.95. The molecule has 1 atom stereocenters. The van der Waals surface area contributed by atoms with Crippen molar-refractivity contribution in [1.29, 1.82) is 10.7 Å². The molecule has 6 nitrogen and oxygen atoms in total. The topological polar surface area (TPSA) is 100 Å². The number of halogens is 1.